The predicted octanol–water partition coefficient (Wildman–Crippen LogP) is 6.68. The van der Waals surface area contributed by atoms with Gasteiger partial charge in [-0.1, -0.05) is 116 Å². The minimum absolute atomic E-state index is 0.0581. The Labute approximate surface area is 250 Å². The first-order valence-corrected chi connectivity index (χ1v) is 17.9. The zero-order valence-corrected chi connectivity index (χ0v) is 27.0. The van der Waals surface area contributed by atoms with E-state index in [-0.39, 0.29) is 26.2 Å². The molecule has 0 aliphatic heterocycles. The number of carbonyl (C=O) groups excluding carboxylic acids is 1. The zero-order chi connectivity index (χ0) is 30.6. The Balaban J connectivity index is 4.51. The topological polar surface area (TPSA) is 151 Å². The maximum Gasteiger partial charge on any atom is 0.472 e. The van der Waals surface area contributed by atoms with Crippen LogP contribution in [0.5, 0.6) is 0 Å². The van der Waals surface area contributed by atoms with Crippen LogP contribution in [0.4, 0.5) is 0 Å². The fraction of sp³-hybridized carbons (Fsp3) is 0.903. The Morgan fingerprint density at radius 3 is 1.93 bits per heavy atom. The largest absolute Gasteiger partial charge is 0.472 e. The Hall–Kier alpha value is -0.800. The van der Waals surface area contributed by atoms with E-state index in [1.54, 1.807) is 0 Å². The van der Waals surface area contributed by atoms with Crippen molar-refractivity contribution in [2.45, 2.75) is 161 Å². The molecule has 10 heteroatoms. The first-order chi connectivity index (χ1) is 19.8. The van der Waals surface area contributed by atoms with E-state index in [1.807, 2.05) is 0 Å². The van der Waals surface area contributed by atoms with Crippen molar-refractivity contribution in [1.29, 1.82) is 0 Å². The standard InChI is InChI=1S/C31H63N2O7P/c1-3-5-7-9-11-13-14-15-17-19-21-23-30(35)29(27-40-41(37,38)39-25-24-32)33-31(36)26-28(34)22-20-18-16-12-10-8-6-4-2/h10,12,28-30,34-35H,3-9,11,13-27,32H2,1-2H3,(H,33,36)(H,37,38)/b12-10-. The third-order valence-electron chi connectivity index (χ3n) is 7.17. The van der Waals surface area contributed by atoms with E-state index in [1.165, 1.54) is 64.2 Å². The number of amides is 1. The summed E-state index contributed by atoms with van der Waals surface area (Å²) in [5.41, 5.74) is 5.32. The number of nitrogens with one attached hydrogen (secondary N) is 1. The van der Waals surface area contributed by atoms with Gasteiger partial charge in [-0.3, -0.25) is 13.8 Å². The van der Waals surface area contributed by atoms with Crippen LogP contribution in [0.2, 0.25) is 0 Å². The molecule has 41 heavy (non-hydrogen) atoms. The van der Waals surface area contributed by atoms with Gasteiger partial charge in [-0.05, 0) is 32.1 Å². The summed E-state index contributed by atoms with van der Waals surface area (Å²) in [6.07, 6.45) is 22.7. The molecule has 0 aromatic rings. The fourth-order valence-electron chi connectivity index (χ4n) is 4.63. The average molecular weight is 607 g/mol. The minimum atomic E-state index is -4.36. The van der Waals surface area contributed by atoms with E-state index < -0.39 is 32.0 Å². The summed E-state index contributed by atoms with van der Waals surface area (Å²) in [7, 11) is -4.36. The summed E-state index contributed by atoms with van der Waals surface area (Å²) in [6.45, 7) is 3.92. The number of unbranched alkanes of at least 4 members (excludes halogenated alkanes) is 14. The number of allylic oxidation sites excluding steroid dienone is 2. The van der Waals surface area contributed by atoms with Crippen molar-refractivity contribution in [3.05, 3.63) is 12.2 Å². The normalized spacial score (nSPS) is 15.6. The first kappa shape index (κ1) is 40.2. The van der Waals surface area contributed by atoms with Crippen LogP contribution in [0.1, 0.15) is 142 Å². The van der Waals surface area contributed by atoms with Crippen molar-refractivity contribution in [3.8, 4) is 0 Å². The lowest BCUT2D eigenvalue weighted by Crippen LogP contribution is -2.47. The zero-order valence-electron chi connectivity index (χ0n) is 26.1. The van der Waals surface area contributed by atoms with Crippen LogP contribution in [-0.4, -0.2) is 59.0 Å². The van der Waals surface area contributed by atoms with E-state index >= 15 is 0 Å². The molecule has 0 saturated heterocycles. The van der Waals surface area contributed by atoms with Crippen LogP contribution in [0, 0.1) is 0 Å². The number of aliphatic hydroxyl groups is 2. The van der Waals surface area contributed by atoms with Crippen LogP contribution in [-0.2, 0) is 18.4 Å². The van der Waals surface area contributed by atoms with Crippen molar-refractivity contribution >= 4 is 13.7 Å². The number of phosphoric acid groups is 1. The lowest BCUT2D eigenvalue weighted by Gasteiger charge is -2.25. The Bertz CT molecular complexity index is 681. The second kappa shape index (κ2) is 28.0. The van der Waals surface area contributed by atoms with Gasteiger partial charge in [0, 0.05) is 6.54 Å². The molecule has 9 nitrogen and oxygen atoms in total. The molecule has 0 aromatic heterocycles. The molecule has 0 aromatic carbocycles. The number of hydrogen-bond acceptors (Lipinski definition) is 7. The highest BCUT2D eigenvalue weighted by molar-refractivity contribution is 7.47. The minimum Gasteiger partial charge on any atom is -0.393 e. The monoisotopic (exact) mass is 606 g/mol. The van der Waals surface area contributed by atoms with Gasteiger partial charge < -0.3 is 26.2 Å². The first-order valence-electron chi connectivity index (χ1n) is 16.4. The lowest BCUT2D eigenvalue weighted by atomic mass is 10.0. The molecule has 244 valence electrons. The predicted molar refractivity (Wildman–Crippen MR) is 168 cm³/mol. The third-order valence-corrected chi connectivity index (χ3v) is 8.16. The highest BCUT2D eigenvalue weighted by Gasteiger charge is 2.28. The van der Waals surface area contributed by atoms with Gasteiger partial charge in [-0.25, -0.2) is 4.57 Å². The summed E-state index contributed by atoms with van der Waals surface area (Å²) in [5.74, 6) is -0.431. The lowest BCUT2D eigenvalue weighted by molar-refractivity contribution is -0.125. The SMILES string of the molecule is CCCC/C=C\CCCCC(O)CC(=O)NC(COP(=O)(O)OCCN)C(O)CCCCCCCCCCCCC. The number of nitrogens with two attached hydrogens (primary N) is 1. The van der Waals surface area contributed by atoms with Gasteiger partial charge in [0.2, 0.25) is 5.91 Å². The highest BCUT2D eigenvalue weighted by atomic mass is 31.2. The van der Waals surface area contributed by atoms with Crippen molar-refractivity contribution in [2.75, 3.05) is 19.8 Å². The summed E-state index contributed by atoms with van der Waals surface area (Å²) in [6, 6.07) is -0.895. The Kier molecular flexibility index (Phi) is 27.5. The molecule has 0 heterocycles. The molecule has 0 radical (unpaired) electrons. The highest BCUT2D eigenvalue weighted by Crippen LogP contribution is 2.43. The second-order valence-electron chi connectivity index (χ2n) is 11.2. The molecule has 4 atom stereocenters. The van der Waals surface area contributed by atoms with Gasteiger partial charge in [0.1, 0.15) is 0 Å². The molecular formula is C31H63N2O7P. The molecule has 0 spiro atoms. The molecule has 6 N–H and O–H groups in total. The van der Waals surface area contributed by atoms with Crippen LogP contribution in [0.3, 0.4) is 0 Å². The van der Waals surface area contributed by atoms with Gasteiger partial charge in [0.15, 0.2) is 0 Å². The van der Waals surface area contributed by atoms with Gasteiger partial charge >= 0.3 is 7.82 Å². The van der Waals surface area contributed by atoms with E-state index in [0.29, 0.717) is 12.8 Å². The van der Waals surface area contributed by atoms with Crippen LogP contribution >= 0.6 is 7.82 Å². The molecule has 4 unspecified atom stereocenters. The Morgan fingerprint density at radius 1 is 0.805 bits per heavy atom. The number of hydrogen-bond donors (Lipinski definition) is 5. The van der Waals surface area contributed by atoms with Gasteiger partial charge in [-0.2, -0.15) is 0 Å². The summed E-state index contributed by atoms with van der Waals surface area (Å²) in [4.78, 5) is 22.5. The Morgan fingerprint density at radius 2 is 1.34 bits per heavy atom. The molecule has 0 fully saturated rings. The number of phosphoric ester groups is 1. The second-order valence-corrected chi connectivity index (χ2v) is 12.7. The van der Waals surface area contributed by atoms with E-state index in [2.05, 4.69) is 31.3 Å². The number of rotatable bonds is 30. The quantitative estimate of drug-likeness (QED) is 0.0345. The molecule has 0 aliphatic rings. The molecule has 1 amide bonds. The summed E-state index contributed by atoms with van der Waals surface area (Å²) >= 11 is 0. The van der Waals surface area contributed by atoms with E-state index in [0.717, 1.165) is 44.9 Å². The van der Waals surface area contributed by atoms with Crippen molar-refractivity contribution in [1.82, 2.24) is 5.32 Å². The van der Waals surface area contributed by atoms with E-state index in [9.17, 15) is 24.5 Å². The molecule has 0 rings (SSSR count). The van der Waals surface area contributed by atoms with Gasteiger partial charge in [-0.15, -0.1) is 0 Å². The van der Waals surface area contributed by atoms with Crippen molar-refractivity contribution in [3.63, 3.8) is 0 Å². The van der Waals surface area contributed by atoms with Gasteiger partial charge in [0.25, 0.3) is 0 Å². The third kappa shape index (κ3) is 26.6. The average Bonchev–Trinajstić information content (AvgIpc) is 2.94. The maximum absolute atomic E-state index is 12.6. The molecule has 0 aliphatic carbocycles. The molecule has 0 saturated carbocycles. The fourth-order valence-corrected chi connectivity index (χ4v) is 5.39. The number of carbonyl (C=O) groups is 1. The van der Waals surface area contributed by atoms with Crippen LogP contribution in [0.25, 0.3) is 0 Å². The van der Waals surface area contributed by atoms with Crippen LogP contribution in [0.15, 0.2) is 12.2 Å². The maximum atomic E-state index is 12.6. The van der Waals surface area contributed by atoms with Gasteiger partial charge in [0.05, 0.1) is 37.9 Å². The van der Waals surface area contributed by atoms with Crippen molar-refractivity contribution < 1.29 is 33.5 Å². The van der Waals surface area contributed by atoms with Crippen molar-refractivity contribution in [2.24, 2.45) is 5.73 Å². The summed E-state index contributed by atoms with van der Waals surface area (Å²) < 4.78 is 21.9. The smallest absolute Gasteiger partial charge is 0.393 e. The number of aliphatic hydroxyl groups excluding tert-OH is 2. The molecule has 0 bridgehead atoms. The molecular weight excluding hydrogens is 543 g/mol. The van der Waals surface area contributed by atoms with E-state index in [4.69, 9.17) is 14.8 Å². The summed E-state index contributed by atoms with van der Waals surface area (Å²) in [5, 5.41) is 23.8. The van der Waals surface area contributed by atoms with Crippen LogP contribution < -0.4 is 11.1 Å².